The van der Waals surface area contributed by atoms with Crippen LogP contribution >= 0.6 is 0 Å². The number of carbonyl (C=O) groups is 1. The first-order valence-corrected chi connectivity index (χ1v) is 11.2. The minimum Gasteiger partial charge on any atom is -0.457 e. The van der Waals surface area contributed by atoms with Crippen LogP contribution in [0.4, 0.5) is 0 Å². The van der Waals surface area contributed by atoms with Gasteiger partial charge in [0, 0.05) is 31.3 Å². The second-order valence-corrected chi connectivity index (χ2v) is 8.23. The third kappa shape index (κ3) is 5.55. The molecule has 1 saturated heterocycles. The third-order valence-corrected chi connectivity index (χ3v) is 5.82. The molecule has 7 nitrogen and oxygen atoms in total. The van der Waals surface area contributed by atoms with Crippen molar-refractivity contribution in [3.8, 4) is 11.5 Å². The van der Waals surface area contributed by atoms with E-state index in [1.165, 1.54) is 19.3 Å². The minimum absolute atomic E-state index is 0.0368. The van der Waals surface area contributed by atoms with Gasteiger partial charge in [0.1, 0.15) is 11.5 Å². The summed E-state index contributed by atoms with van der Waals surface area (Å²) < 4.78 is 7.84. The van der Waals surface area contributed by atoms with Crippen molar-refractivity contribution in [2.45, 2.75) is 32.4 Å². The summed E-state index contributed by atoms with van der Waals surface area (Å²) in [7, 11) is 0. The summed E-state index contributed by atoms with van der Waals surface area (Å²) in [5, 5.41) is 3.92. The van der Waals surface area contributed by atoms with Crippen molar-refractivity contribution in [1.82, 2.24) is 14.8 Å². The first-order chi connectivity index (χ1) is 15.6. The molecule has 1 amide bonds. The number of nitrogens with two attached hydrogens (primary N) is 1. The van der Waals surface area contributed by atoms with Crippen LogP contribution in [-0.4, -0.2) is 41.6 Å². The average Bonchev–Trinajstić information content (AvgIpc) is 2.80. The topological polar surface area (TPSA) is 89.6 Å². The lowest BCUT2D eigenvalue weighted by Crippen LogP contribution is -2.36. The first-order valence-electron chi connectivity index (χ1n) is 11.2. The molecule has 0 radical (unpaired) electrons. The van der Waals surface area contributed by atoms with Crippen LogP contribution in [0.5, 0.6) is 11.5 Å². The van der Waals surface area contributed by atoms with Gasteiger partial charge in [-0.1, -0.05) is 24.6 Å². The molecule has 168 valence electrons. The lowest BCUT2D eigenvalue weighted by Gasteiger charge is -2.27. The van der Waals surface area contributed by atoms with E-state index in [0.717, 1.165) is 36.3 Å². The summed E-state index contributed by atoms with van der Waals surface area (Å²) in [5.74, 6) is 0.995. The molecule has 0 atom stereocenters. The first kappa shape index (κ1) is 22.0. The third-order valence-electron chi connectivity index (χ3n) is 5.82. The quantitative estimate of drug-likeness (QED) is 0.541. The number of benzene rings is 2. The number of pyridine rings is 1. The number of hydrogen-bond acceptors (Lipinski definition) is 5. The molecule has 2 heterocycles. The molecule has 3 N–H and O–H groups in total. The zero-order chi connectivity index (χ0) is 22.3. The van der Waals surface area contributed by atoms with E-state index in [0.29, 0.717) is 24.4 Å². The number of likely N-dealkylation sites (tertiary alicyclic amines) is 1. The standard InChI is InChI=1S/C25H30N4O3/c26-24(30)18-27-17-20-15-19-9-10-22(32-21-7-3-1-4-8-21)16-23(19)29(25(20)31)14-13-28-11-5-2-6-12-28/h1,3-4,7-10,15-16,27H,2,5-6,11-14,17-18H2,(H2,26,30). The van der Waals surface area contributed by atoms with Crippen LogP contribution in [0.1, 0.15) is 24.8 Å². The Kier molecular flexibility index (Phi) is 7.19. The van der Waals surface area contributed by atoms with Gasteiger partial charge in [-0.15, -0.1) is 0 Å². The molecule has 7 heteroatoms. The highest BCUT2D eigenvalue weighted by Gasteiger charge is 2.14. The molecule has 1 aromatic heterocycles. The van der Waals surface area contributed by atoms with Crippen LogP contribution in [0.3, 0.4) is 0 Å². The van der Waals surface area contributed by atoms with Gasteiger partial charge in [-0.3, -0.25) is 9.59 Å². The van der Waals surface area contributed by atoms with Crippen molar-refractivity contribution >= 4 is 16.8 Å². The van der Waals surface area contributed by atoms with Gasteiger partial charge in [-0.25, -0.2) is 0 Å². The molecule has 0 unspecified atom stereocenters. The van der Waals surface area contributed by atoms with Crippen molar-refractivity contribution < 1.29 is 9.53 Å². The molecule has 0 bridgehead atoms. The highest BCUT2D eigenvalue weighted by Crippen LogP contribution is 2.25. The van der Waals surface area contributed by atoms with Crippen LogP contribution in [0.15, 0.2) is 59.4 Å². The Morgan fingerprint density at radius 1 is 0.969 bits per heavy atom. The van der Waals surface area contributed by atoms with E-state index in [1.54, 1.807) is 0 Å². The van der Waals surface area contributed by atoms with Gasteiger partial charge in [0.25, 0.3) is 5.56 Å². The maximum atomic E-state index is 13.3. The van der Waals surface area contributed by atoms with E-state index >= 15 is 0 Å². The Morgan fingerprint density at radius 3 is 2.50 bits per heavy atom. The lowest BCUT2D eigenvalue weighted by molar-refractivity contribution is -0.117. The number of nitrogens with zero attached hydrogens (tertiary/aromatic N) is 2. The van der Waals surface area contributed by atoms with E-state index < -0.39 is 5.91 Å². The summed E-state index contributed by atoms with van der Waals surface area (Å²) in [6.45, 7) is 3.92. The van der Waals surface area contributed by atoms with E-state index in [1.807, 2.05) is 59.2 Å². The number of piperidine rings is 1. The summed E-state index contributed by atoms with van der Waals surface area (Å²) in [6, 6.07) is 17.3. The smallest absolute Gasteiger partial charge is 0.255 e. The van der Waals surface area contributed by atoms with Crippen molar-refractivity contribution in [1.29, 1.82) is 0 Å². The molecule has 4 rings (SSSR count). The molecule has 0 saturated carbocycles. The summed E-state index contributed by atoms with van der Waals surface area (Å²) in [4.78, 5) is 26.8. The molecule has 3 aromatic rings. The van der Waals surface area contributed by atoms with Crippen LogP contribution in [-0.2, 0) is 17.9 Å². The van der Waals surface area contributed by atoms with Crippen LogP contribution < -0.4 is 21.3 Å². The zero-order valence-corrected chi connectivity index (χ0v) is 18.3. The number of rotatable bonds is 9. The van der Waals surface area contributed by atoms with Gasteiger partial charge in [0.15, 0.2) is 0 Å². The molecular formula is C25H30N4O3. The molecule has 1 fully saturated rings. The number of ether oxygens (including phenoxy) is 1. The fourth-order valence-electron chi connectivity index (χ4n) is 4.19. The Bertz CT molecular complexity index is 1120. The Morgan fingerprint density at radius 2 is 1.75 bits per heavy atom. The Labute approximate surface area is 187 Å². The second-order valence-electron chi connectivity index (χ2n) is 8.23. The average molecular weight is 435 g/mol. The summed E-state index contributed by atoms with van der Waals surface area (Å²) >= 11 is 0. The minimum atomic E-state index is -0.445. The Hall–Kier alpha value is -3.16. The van der Waals surface area contributed by atoms with E-state index in [2.05, 4.69) is 10.2 Å². The number of amides is 1. The SMILES string of the molecule is NC(=O)CNCc1cc2ccc(Oc3ccccc3)cc2n(CCN2CCCCC2)c1=O. The summed E-state index contributed by atoms with van der Waals surface area (Å²) in [5.41, 5.74) is 6.63. The van der Waals surface area contributed by atoms with Crippen LogP contribution in [0, 0.1) is 0 Å². The maximum Gasteiger partial charge on any atom is 0.255 e. The van der Waals surface area contributed by atoms with Gasteiger partial charge >= 0.3 is 0 Å². The highest BCUT2D eigenvalue weighted by atomic mass is 16.5. The largest absolute Gasteiger partial charge is 0.457 e. The number of primary amides is 1. The molecule has 0 spiro atoms. The van der Waals surface area contributed by atoms with Gasteiger partial charge in [0.2, 0.25) is 5.91 Å². The van der Waals surface area contributed by atoms with Crippen molar-refractivity contribution in [3.63, 3.8) is 0 Å². The lowest BCUT2D eigenvalue weighted by atomic mass is 10.1. The molecule has 1 aliphatic heterocycles. The maximum absolute atomic E-state index is 13.3. The Balaban J connectivity index is 1.65. The molecule has 32 heavy (non-hydrogen) atoms. The monoisotopic (exact) mass is 434 g/mol. The van der Waals surface area contributed by atoms with Crippen LogP contribution in [0.25, 0.3) is 10.9 Å². The van der Waals surface area contributed by atoms with Crippen molar-refractivity contribution in [2.75, 3.05) is 26.2 Å². The van der Waals surface area contributed by atoms with E-state index in [-0.39, 0.29) is 12.1 Å². The number of aromatic nitrogens is 1. The second kappa shape index (κ2) is 10.4. The highest BCUT2D eigenvalue weighted by molar-refractivity contribution is 5.81. The molecule has 2 aromatic carbocycles. The van der Waals surface area contributed by atoms with Gasteiger partial charge in [-0.2, -0.15) is 0 Å². The van der Waals surface area contributed by atoms with Crippen molar-refractivity contribution in [3.05, 3.63) is 70.5 Å². The van der Waals surface area contributed by atoms with Gasteiger partial charge in [-0.05, 0) is 61.6 Å². The van der Waals surface area contributed by atoms with Crippen molar-refractivity contribution in [2.24, 2.45) is 5.73 Å². The predicted octanol–water partition coefficient (Wildman–Crippen LogP) is 2.85. The number of fused-ring (bicyclic) bond motifs is 1. The number of carbonyl (C=O) groups excluding carboxylic acids is 1. The van der Waals surface area contributed by atoms with Crippen LogP contribution in [0.2, 0.25) is 0 Å². The van der Waals surface area contributed by atoms with Gasteiger partial charge in [0.05, 0.1) is 12.1 Å². The number of hydrogen-bond donors (Lipinski definition) is 2. The molecular weight excluding hydrogens is 404 g/mol. The summed E-state index contributed by atoms with van der Waals surface area (Å²) in [6.07, 6.45) is 3.70. The molecule has 1 aliphatic rings. The van der Waals surface area contributed by atoms with E-state index in [9.17, 15) is 9.59 Å². The fourth-order valence-corrected chi connectivity index (χ4v) is 4.19. The molecule has 0 aliphatic carbocycles. The normalized spacial score (nSPS) is 14.5. The van der Waals surface area contributed by atoms with E-state index in [4.69, 9.17) is 10.5 Å². The zero-order valence-electron chi connectivity index (χ0n) is 18.3. The predicted molar refractivity (Wildman–Crippen MR) is 126 cm³/mol. The fraction of sp³-hybridized carbons (Fsp3) is 0.360. The number of para-hydroxylation sites is 1. The van der Waals surface area contributed by atoms with Gasteiger partial charge < -0.3 is 25.3 Å². The number of nitrogens with one attached hydrogen (secondary N) is 1.